The molecule has 1 heterocycles. The molecule has 0 radical (unpaired) electrons. The molecule has 0 unspecified atom stereocenters. The quantitative estimate of drug-likeness (QED) is 0.490. The average Bonchev–Trinajstić information content (AvgIpc) is 2.73. The third-order valence-corrected chi connectivity index (χ3v) is 6.34. The number of pyridine rings is 1. The SMILES string of the molecule is COc1cccc2c(-c3ccccc3)cc(S(=O)(=O)c3ccc(C)cc3)nc12. The molecule has 0 aliphatic rings. The Morgan fingerprint density at radius 2 is 1.57 bits per heavy atom. The van der Waals surface area contributed by atoms with Crippen LogP contribution in [0.15, 0.2) is 88.8 Å². The van der Waals surface area contributed by atoms with Crippen LogP contribution in [0.1, 0.15) is 5.56 Å². The molecule has 0 aliphatic heterocycles. The average molecular weight is 389 g/mol. The zero-order valence-corrected chi connectivity index (χ0v) is 16.4. The standard InChI is InChI=1S/C23H19NO3S/c1-16-11-13-18(14-12-16)28(25,26)22-15-20(17-7-4-3-5-8-17)19-9-6-10-21(27-2)23(19)24-22/h3-15H,1-2H3. The Balaban J connectivity index is 2.03. The molecule has 4 nitrogen and oxygen atoms in total. The fraction of sp³-hybridized carbons (Fsp3) is 0.0870. The van der Waals surface area contributed by atoms with Crippen LogP contribution in [0.4, 0.5) is 0 Å². The molecule has 0 saturated carbocycles. The summed E-state index contributed by atoms with van der Waals surface area (Å²) in [5, 5.41) is 0.848. The van der Waals surface area contributed by atoms with Gasteiger partial charge in [-0.1, -0.05) is 60.2 Å². The van der Waals surface area contributed by atoms with Gasteiger partial charge < -0.3 is 4.74 Å². The highest BCUT2D eigenvalue weighted by atomic mass is 32.2. The lowest BCUT2D eigenvalue weighted by Crippen LogP contribution is -2.06. The molecular formula is C23H19NO3S. The van der Waals surface area contributed by atoms with Crippen molar-refractivity contribution in [1.82, 2.24) is 4.98 Å². The molecule has 0 amide bonds. The topological polar surface area (TPSA) is 56.3 Å². The number of aromatic nitrogens is 1. The van der Waals surface area contributed by atoms with Crippen LogP contribution >= 0.6 is 0 Å². The molecule has 0 spiro atoms. The lowest BCUT2D eigenvalue weighted by Gasteiger charge is -2.13. The maximum atomic E-state index is 13.3. The number of rotatable bonds is 4. The lowest BCUT2D eigenvalue weighted by atomic mass is 10.0. The Bertz CT molecular complexity index is 1250. The van der Waals surface area contributed by atoms with Crippen LogP contribution in [0, 0.1) is 6.92 Å². The van der Waals surface area contributed by atoms with Gasteiger partial charge in [0.25, 0.3) is 0 Å². The maximum absolute atomic E-state index is 13.3. The van der Waals surface area contributed by atoms with Gasteiger partial charge >= 0.3 is 0 Å². The van der Waals surface area contributed by atoms with E-state index in [9.17, 15) is 8.42 Å². The predicted octanol–water partition coefficient (Wildman–Crippen LogP) is 5.05. The van der Waals surface area contributed by atoms with Crippen LogP contribution in [-0.4, -0.2) is 20.5 Å². The Labute approximate surface area is 164 Å². The van der Waals surface area contributed by atoms with Gasteiger partial charge in [0.05, 0.1) is 12.0 Å². The van der Waals surface area contributed by atoms with Gasteiger partial charge in [-0.2, -0.15) is 0 Å². The highest BCUT2D eigenvalue weighted by molar-refractivity contribution is 7.91. The van der Waals surface area contributed by atoms with Crippen LogP contribution < -0.4 is 4.74 Å². The highest BCUT2D eigenvalue weighted by Crippen LogP contribution is 2.35. The van der Waals surface area contributed by atoms with E-state index >= 15 is 0 Å². The fourth-order valence-electron chi connectivity index (χ4n) is 3.20. The van der Waals surface area contributed by atoms with Crippen LogP contribution in [0.3, 0.4) is 0 Å². The summed E-state index contributed by atoms with van der Waals surface area (Å²) in [5.74, 6) is 0.538. The van der Waals surface area contributed by atoms with Crippen LogP contribution in [0.25, 0.3) is 22.0 Å². The van der Waals surface area contributed by atoms with E-state index < -0.39 is 9.84 Å². The minimum absolute atomic E-state index is 0.00667. The van der Waals surface area contributed by atoms with E-state index in [2.05, 4.69) is 4.98 Å². The third kappa shape index (κ3) is 3.14. The van der Waals surface area contributed by atoms with E-state index in [-0.39, 0.29) is 9.92 Å². The number of fused-ring (bicyclic) bond motifs is 1. The molecule has 0 bridgehead atoms. The van der Waals surface area contributed by atoms with Crippen LogP contribution in [0.5, 0.6) is 5.75 Å². The van der Waals surface area contributed by atoms with Crippen molar-refractivity contribution in [1.29, 1.82) is 0 Å². The summed E-state index contributed by atoms with van der Waals surface area (Å²) >= 11 is 0. The number of para-hydroxylation sites is 1. The molecule has 0 saturated heterocycles. The van der Waals surface area contributed by atoms with E-state index in [1.807, 2.05) is 49.4 Å². The van der Waals surface area contributed by atoms with E-state index in [1.165, 1.54) is 0 Å². The number of hydrogen-bond donors (Lipinski definition) is 0. The second kappa shape index (κ2) is 7.09. The number of methoxy groups -OCH3 is 1. The maximum Gasteiger partial charge on any atom is 0.223 e. The summed E-state index contributed by atoms with van der Waals surface area (Å²) < 4.78 is 32.0. The Morgan fingerprint density at radius 1 is 0.857 bits per heavy atom. The van der Waals surface area contributed by atoms with E-state index in [0.717, 1.165) is 22.1 Å². The minimum Gasteiger partial charge on any atom is -0.494 e. The smallest absolute Gasteiger partial charge is 0.223 e. The number of sulfone groups is 1. The molecule has 0 aliphatic carbocycles. The minimum atomic E-state index is -3.77. The van der Waals surface area contributed by atoms with E-state index in [1.54, 1.807) is 43.5 Å². The summed E-state index contributed by atoms with van der Waals surface area (Å²) in [5.41, 5.74) is 3.24. The number of aryl methyl sites for hydroxylation is 1. The molecule has 3 aromatic carbocycles. The monoisotopic (exact) mass is 389 g/mol. The number of nitrogens with zero attached hydrogens (tertiary/aromatic N) is 1. The highest BCUT2D eigenvalue weighted by Gasteiger charge is 2.22. The van der Waals surface area contributed by atoms with Gasteiger partial charge in [0.2, 0.25) is 9.84 Å². The second-order valence-electron chi connectivity index (χ2n) is 6.55. The normalized spacial score (nSPS) is 11.5. The van der Waals surface area contributed by atoms with Gasteiger partial charge in [-0.15, -0.1) is 0 Å². The van der Waals surface area contributed by atoms with Crippen molar-refractivity contribution in [2.75, 3.05) is 7.11 Å². The number of benzene rings is 3. The molecule has 0 fully saturated rings. The lowest BCUT2D eigenvalue weighted by molar-refractivity contribution is 0.418. The van der Waals surface area contributed by atoms with Crippen molar-refractivity contribution >= 4 is 20.7 Å². The molecule has 0 N–H and O–H groups in total. The van der Waals surface area contributed by atoms with Gasteiger partial charge in [-0.25, -0.2) is 13.4 Å². The molecule has 0 atom stereocenters. The summed E-state index contributed by atoms with van der Waals surface area (Å²) in [4.78, 5) is 4.71. The first-order valence-corrected chi connectivity index (χ1v) is 10.3. The predicted molar refractivity (Wildman–Crippen MR) is 110 cm³/mol. The van der Waals surface area contributed by atoms with Gasteiger partial charge in [-0.05, 0) is 42.3 Å². The van der Waals surface area contributed by atoms with Crippen molar-refractivity contribution in [3.8, 4) is 16.9 Å². The first kappa shape index (κ1) is 18.2. The summed E-state index contributed by atoms with van der Waals surface area (Å²) in [7, 11) is -2.21. The van der Waals surface area contributed by atoms with Gasteiger partial charge in [0, 0.05) is 5.39 Å². The summed E-state index contributed by atoms with van der Waals surface area (Å²) in [6.45, 7) is 1.92. The Hall–Kier alpha value is -3.18. The molecule has 28 heavy (non-hydrogen) atoms. The van der Waals surface area contributed by atoms with E-state index in [0.29, 0.717) is 11.3 Å². The van der Waals surface area contributed by atoms with Gasteiger partial charge in [-0.3, -0.25) is 0 Å². The first-order chi connectivity index (χ1) is 13.5. The van der Waals surface area contributed by atoms with Crippen LogP contribution in [-0.2, 0) is 9.84 Å². The number of hydrogen-bond acceptors (Lipinski definition) is 4. The van der Waals surface area contributed by atoms with Gasteiger partial charge in [0.15, 0.2) is 5.03 Å². The Kier molecular flexibility index (Phi) is 4.61. The summed E-state index contributed by atoms with van der Waals surface area (Å²) in [6, 6.07) is 23.7. The molecule has 140 valence electrons. The molecule has 4 rings (SSSR count). The van der Waals surface area contributed by atoms with E-state index in [4.69, 9.17) is 4.74 Å². The molecule has 5 heteroatoms. The molecule has 1 aromatic heterocycles. The zero-order valence-electron chi connectivity index (χ0n) is 15.6. The van der Waals surface area contributed by atoms with Crippen molar-refractivity contribution in [2.45, 2.75) is 16.8 Å². The third-order valence-electron chi connectivity index (χ3n) is 4.69. The van der Waals surface area contributed by atoms with Gasteiger partial charge in [0.1, 0.15) is 11.3 Å². The van der Waals surface area contributed by atoms with Crippen molar-refractivity contribution in [3.63, 3.8) is 0 Å². The van der Waals surface area contributed by atoms with Crippen molar-refractivity contribution in [3.05, 3.63) is 84.4 Å². The first-order valence-electron chi connectivity index (χ1n) is 8.85. The largest absolute Gasteiger partial charge is 0.494 e. The second-order valence-corrected chi connectivity index (χ2v) is 8.44. The van der Waals surface area contributed by atoms with Crippen LogP contribution in [0.2, 0.25) is 0 Å². The van der Waals surface area contributed by atoms with Crippen molar-refractivity contribution < 1.29 is 13.2 Å². The number of ether oxygens (including phenoxy) is 1. The zero-order chi connectivity index (χ0) is 19.7. The van der Waals surface area contributed by atoms with Crippen molar-refractivity contribution in [2.24, 2.45) is 0 Å². The summed E-state index contributed by atoms with van der Waals surface area (Å²) in [6.07, 6.45) is 0. The molecule has 4 aromatic rings. The molecular weight excluding hydrogens is 370 g/mol. The Morgan fingerprint density at radius 3 is 2.25 bits per heavy atom. The fourth-order valence-corrected chi connectivity index (χ4v) is 4.42.